The standard InChI is InChI=1S/C16H22Cl2N2O/c1-19(2)14-4-3-5-15(14)20(16(21)10-11-17)13-8-6-12(18)7-9-13/h6-9,14-15H,3-5,10-11H2,1-2H3. The van der Waals surface area contributed by atoms with E-state index in [9.17, 15) is 4.79 Å². The lowest BCUT2D eigenvalue weighted by Gasteiger charge is -2.36. The van der Waals surface area contributed by atoms with Crippen molar-refractivity contribution in [3.8, 4) is 0 Å². The topological polar surface area (TPSA) is 23.6 Å². The summed E-state index contributed by atoms with van der Waals surface area (Å²) in [5, 5.41) is 0.680. The SMILES string of the molecule is CN(C)C1CCCC1N(C(=O)CCCl)c1ccc(Cl)cc1. The van der Waals surface area contributed by atoms with Crippen molar-refractivity contribution in [2.75, 3.05) is 24.9 Å². The van der Waals surface area contributed by atoms with Crippen LogP contribution < -0.4 is 4.90 Å². The van der Waals surface area contributed by atoms with Crippen LogP contribution in [0.15, 0.2) is 24.3 Å². The zero-order valence-electron chi connectivity index (χ0n) is 12.6. The number of halogens is 2. The molecular formula is C16H22Cl2N2O. The second-order valence-electron chi connectivity index (χ2n) is 5.71. The van der Waals surface area contributed by atoms with Gasteiger partial charge in [0.15, 0.2) is 0 Å². The Morgan fingerprint density at radius 1 is 1.19 bits per heavy atom. The van der Waals surface area contributed by atoms with Gasteiger partial charge >= 0.3 is 0 Å². The molecule has 1 aromatic carbocycles. The number of amides is 1. The lowest BCUT2D eigenvalue weighted by Crippen LogP contribution is -2.49. The third-order valence-corrected chi connectivity index (χ3v) is 4.56. The fourth-order valence-corrected chi connectivity index (χ4v) is 3.44. The van der Waals surface area contributed by atoms with Gasteiger partial charge in [-0.15, -0.1) is 11.6 Å². The quantitative estimate of drug-likeness (QED) is 0.768. The summed E-state index contributed by atoms with van der Waals surface area (Å²) in [6, 6.07) is 8.09. The molecule has 2 unspecified atom stereocenters. The van der Waals surface area contributed by atoms with E-state index >= 15 is 0 Å². The van der Waals surface area contributed by atoms with Gasteiger partial charge < -0.3 is 9.80 Å². The molecule has 5 heteroatoms. The van der Waals surface area contributed by atoms with Crippen molar-refractivity contribution in [2.24, 2.45) is 0 Å². The third-order valence-electron chi connectivity index (χ3n) is 4.12. The van der Waals surface area contributed by atoms with E-state index in [0.29, 0.717) is 23.4 Å². The van der Waals surface area contributed by atoms with Gasteiger partial charge in [-0.25, -0.2) is 0 Å². The Morgan fingerprint density at radius 3 is 2.38 bits per heavy atom. The van der Waals surface area contributed by atoms with Crippen LogP contribution in [0.2, 0.25) is 5.02 Å². The molecule has 0 heterocycles. The molecule has 0 aliphatic heterocycles. The van der Waals surface area contributed by atoms with Gasteiger partial charge in [0, 0.05) is 29.1 Å². The first kappa shape index (κ1) is 16.6. The van der Waals surface area contributed by atoms with Gasteiger partial charge in [0.1, 0.15) is 0 Å². The fourth-order valence-electron chi connectivity index (χ4n) is 3.15. The Hall–Kier alpha value is -0.770. The molecular weight excluding hydrogens is 307 g/mol. The maximum absolute atomic E-state index is 12.6. The molecule has 1 saturated carbocycles. The van der Waals surface area contributed by atoms with Crippen molar-refractivity contribution in [2.45, 2.75) is 37.8 Å². The van der Waals surface area contributed by atoms with Crippen LogP contribution in [-0.2, 0) is 4.79 Å². The van der Waals surface area contributed by atoms with Crippen LogP contribution >= 0.6 is 23.2 Å². The van der Waals surface area contributed by atoms with E-state index in [-0.39, 0.29) is 11.9 Å². The van der Waals surface area contributed by atoms with Crippen molar-refractivity contribution in [3.63, 3.8) is 0 Å². The molecule has 0 spiro atoms. The molecule has 0 radical (unpaired) electrons. The van der Waals surface area contributed by atoms with Gasteiger partial charge in [0.25, 0.3) is 0 Å². The second-order valence-corrected chi connectivity index (χ2v) is 6.52. The van der Waals surface area contributed by atoms with Crippen molar-refractivity contribution in [3.05, 3.63) is 29.3 Å². The molecule has 21 heavy (non-hydrogen) atoms. The zero-order chi connectivity index (χ0) is 15.4. The average Bonchev–Trinajstić information content (AvgIpc) is 2.91. The Morgan fingerprint density at radius 2 is 1.81 bits per heavy atom. The molecule has 1 fully saturated rings. The molecule has 0 aromatic heterocycles. The first-order valence-corrected chi connectivity index (χ1v) is 8.26. The van der Waals surface area contributed by atoms with Crippen molar-refractivity contribution in [1.82, 2.24) is 4.90 Å². The predicted molar refractivity (Wildman–Crippen MR) is 89.4 cm³/mol. The van der Waals surface area contributed by atoms with E-state index in [1.165, 1.54) is 0 Å². The van der Waals surface area contributed by atoms with Crippen molar-refractivity contribution >= 4 is 34.8 Å². The van der Waals surface area contributed by atoms with Gasteiger partial charge in [-0.2, -0.15) is 0 Å². The van der Waals surface area contributed by atoms with Crippen LogP contribution in [0.1, 0.15) is 25.7 Å². The van der Waals surface area contributed by atoms with Crippen LogP contribution in [0.3, 0.4) is 0 Å². The normalized spacial score (nSPS) is 21.8. The highest BCUT2D eigenvalue weighted by molar-refractivity contribution is 6.30. The molecule has 0 saturated heterocycles. The van der Waals surface area contributed by atoms with Gasteiger partial charge in [-0.1, -0.05) is 11.6 Å². The number of benzene rings is 1. The van der Waals surface area contributed by atoms with Crippen molar-refractivity contribution in [1.29, 1.82) is 0 Å². The first-order valence-electron chi connectivity index (χ1n) is 7.34. The highest BCUT2D eigenvalue weighted by atomic mass is 35.5. The number of alkyl halides is 1. The third kappa shape index (κ3) is 3.91. The minimum absolute atomic E-state index is 0.0890. The summed E-state index contributed by atoms with van der Waals surface area (Å²) in [5.74, 6) is 0.438. The molecule has 1 aromatic rings. The lowest BCUT2D eigenvalue weighted by atomic mass is 10.1. The van der Waals surface area contributed by atoms with Crippen LogP contribution in [-0.4, -0.2) is 42.9 Å². The number of hydrogen-bond acceptors (Lipinski definition) is 2. The molecule has 116 valence electrons. The van der Waals surface area contributed by atoms with E-state index in [0.717, 1.165) is 24.9 Å². The van der Waals surface area contributed by atoms with E-state index in [4.69, 9.17) is 23.2 Å². The number of nitrogens with zero attached hydrogens (tertiary/aromatic N) is 2. The van der Waals surface area contributed by atoms with Crippen LogP contribution in [0.25, 0.3) is 0 Å². The van der Waals surface area contributed by atoms with Crippen LogP contribution in [0.5, 0.6) is 0 Å². The van der Waals surface area contributed by atoms with E-state index in [1.54, 1.807) is 0 Å². The smallest absolute Gasteiger partial charge is 0.228 e. The predicted octanol–water partition coefficient (Wildman–Crippen LogP) is 3.78. The summed E-state index contributed by atoms with van der Waals surface area (Å²) in [4.78, 5) is 16.7. The number of carbonyl (C=O) groups is 1. The van der Waals surface area contributed by atoms with E-state index in [2.05, 4.69) is 19.0 Å². The number of rotatable bonds is 5. The molecule has 2 rings (SSSR count). The molecule has 0 bridgehead atoms. The Kier molecular flexibility index (Phi) is 5.91. The summed E-state index contributed by atoms with van der Waals surface area (Å²) in [7, 11) is 4.16. The van der Waals surface area contributed by atoms with Crippen molar-refractivity contribution < 1.29 is 4.79 Å². The fraction of sp³-hybridized carbons (Fsp3) is 0.562. The number of hydrogen-bond donors (Lipinski definition) is 0. The highest BCUT2D eigenvalue weighted by Gasteiger charge is 2.36. The first-order chi connectivity index (χ1) is 10.0. The summed E-state index contributed by atoms with van der Waals surface area (Å²) >= 11 is 11.7. The van der Waals surface area contributed by atoms with Gasteiger partial charge in [-0.3, -0.25) is 4.79 Å². The zero-order valence-corrected chi connectivity index (χ0v) is 14.1. The summed E-state index contributed by atoms with van der Waals surface area (Å²) < 4.78 is 0. The number of carbonyl (C=O) groups excluding carboxylic acids is 1. The molecule has 0 N–H and O–H groups in total. The number of likely N-dealkylation sites (N-methyl/N-ethyl adjacent to an activating group) is 1. The Bertz CT molecular complexity index is 476. The Balaban J connectivity index is 2.31. The molecule has 1 aliphatic carbocycles. The summed E-state index contributed by atoms with van der Waals surface area (Å²) in [6.45, 7) is 0. The largest absolute Gasteiger partial charge is 0.308 e. The summed E-state index contributed by atoms with van der Waals surface area (Å²) in [5.41, 5.74) is 0.910. The minimum Gasteiger partial charge on any atom is -0.308 e. The molecule has 1 aliphatic rings. The van der Waals surface area contributed by atoms with Crippen LogP contribution in [0, 0.1) is 0 Å². The molecule has 3 nitrogen and oxygen atoms in total. The maximum Gasteiger partial charge on any atom is 0.228 e. The average molecular weight is 329 g/mol. The van der Waals surface area contributed by atoms with E-state index in [1.807, 2.05) is 29.2 Å². The Labute approximate surface area is 136 Å². The highest BCUT2D eigenvalue weighted by Crippen LogP contribution is 2.32. The summed E-state index contributed by atoms with van der Waals surface area (Å²) in [6.07, 6.45) is 3.65. The van der Waals surface area contributed by atoms with Gasteiger partial charge in [0.2, 0.25) is 5.91 Å². The van der Waals surface area contributed by atoms with Crippen LogP contribution in [0.4, 0.5) is 5.69 Å². The van der Waals surface area contributed by atoms with Gasteiger partial charge in [-0.05, 0) is 57.6 Å². The lowest BCUT2D eigenvalue weighted by molar-refractivity contribution is -0.118. The second kappa shape index (κ2) is 7.48. The molecule has 2 atom stereocenters. The van der Waals surface area contributed by atoms with E-state index < -0.39 is 0 Å². The number of anilines is 1. The molecule has 1 amide bonds. The maximum atomic E-state index is 12.6. The minimum atomic E-state index is 0.0890. The monoisotopic (exact) mass is 328 g/mol. The van der Waals surface area contributed by atoms with Gasteiger partial charge in [0.05, 0.1) is 6.04 Å².